The van der Waals surface area contributed by atoms with E-state index in [0.717, 1.165) is 0 Å². The number of rotatable bonds is 5. The van der Waals surface area contributed by atoms with E-state index in [1.165, 1.54) is 29.4 Å². The van der Waals surface area contributed by atoms with Crippen LogP contribution in [0.25, 0.3) is 5.57 Å². The Balaban J connectivity index is 1.89. The third-order valence-electron chi connectivity index (χ3n) is 3.97. The first-order chi connectivity index (χ1) is 12.3. The first-order valence-electron chi connectivity index (χ1n) is 7.93. The molecule has 0 unspecified atom stereocenters. The molecule has 3 rings (SSSR count). The number of carbonyl (C=O) groups excluding carboxylic acids is 1. The van der Waals surface area contributed by atoms with E-state index in [4.69, 9.17) is 0 Å². The molecule has 0 fully saturated rings. The summed E-state index contributed by atoms with van der Waals surface area (Å²) < 4.78 is 27.2. The zero-order chi connectivity index (χ0) is 18.9. The standard InChI is InChI=1S/C17H18N4O4S/c1-11(2)21-9-13(16(22)17(21)23)14-8-15(19-10-18-14)20-26(24,25)12-6-4-3-5-7-12/h3-8,10-11,22H,9H2,1-2H3,(H,18,19,20). The van der Waals surface area contributed by atoms with Gasteiger partial charge in [-0.3, -0.25) is 9.52 Å². The van der Waals surface area contributed by atoms with Gasteiger partial charge in [0.1, 0.15) is 12.1 Å². The van der Waals surface area contributed by atoms with Gasteiger partial charge in [-0.1, -0.05) is 18.2 Å². The van der Waals surface area contributed by atoms with E-state index in [1.807, 2.05) is 13.8 Å². The SMILES string of the molecule is CC(C)N1CC(c2cc(NS(=O)(=O)c3ccccc3)ncn2)=C(O)C1=O. The highest BCUT2D eigenvalue weighted by Crippen LogP contribution is 2.27. The molecule has 0 bridgehead atoms. The van der Waals surface area contributed by atoms with Crippen LogP contribution in [0.2, 0.25) is 0 Å². The third-order valence-corrected chi connectivity index (χ3v) is 5.34. The van der Waals surface area contributed by atoms with E-state index in [2.05, 4.69) is 14.7 Å². The van der Waals surface area contributed by atoms with E-state index < -0.39 is 15.9 Å². The number of hydrogen-bond acceptors (Lipinski definition) is 6. The van der Waals surface area contributed by atoms with Crippen molar-refractivity contribution in [2.24, 2.45) is 0 Å². The van der Waals surface area contributed by atoms with Crippen LogP contribution in [0.4, 0.5) is 5.82 Å². The second kappa shape index (κ2) is 6.75. The van der Waals surface area contributed by atoms with Crippen molar-refractivity contribution in [3.8, 4) is 0 Å². The molecule has 2 aromatic rings. The molecule has 0 spiro atoms. The van der Waals surface area contributed by atoms with Crippen LogP contribution in [0.3, 0.4) is 0 Å². The summed E-state index contributed by atoms with van der Waals surface area (Å²) in [5.41, 5.74) is 0.631. The highest BCUT2D eigenvalue weighted by molar-refractivity contribution is 7.92. The van der Waals surface area contributed by atoms with E-state index in [0.29, 0.717) is 11.3 Å². The predicted molar refractivity (Wildman–Crippen MR) is 95.7 cm³/mol. The van der Waals surface area contributed by atoms with Crippen LogP contribution in [0.1, 0.15) is 19.5 Å². The molecular weight excluding hydrogens is 356 g/mol. The van der Waals surface area contributed by atoms with Crippen LogP contribution in [-0.4, -0.2) is 46.9 Å². The fourth-order valence-electron chi connectivity index (χ4n) is 2.58. The number of carbonyl (C=O) groups is 1. The quantitative estimate of drug-likeness (QED) is 0.825. The molecule has 0 aliphatic carbocycles. The molecule has 0 radical (unpaired) electrons. The van der Waals surface area contributed by atoms with Gasteiger partial charge in [-0.25, -0.2) is 18.4 Å². The Morgan fingerprint density at radius 2 is 1.88 bits per heavy atom. The van der Waals surface area contributed by atoms with Gasteiger partial charge in [-0.2, -0.15) is 0 Å². The number of hydrogen-bond donors (Lipinski definition) is 2. The molecule has 1 amide bonds. The molecule has 0 atom stereocenters. The van der Waals surface area contributed by atoms with E-state index in [-0.39, 0.29) is 29.1 Å². The van der Waals surface area contributed by atoms with Crippen molar-refractivity contribution in [3.05, 3.63) is 54.2 Å². The van der Waals surface area contributed by atoms with Crippen LogP contribution < -0.4 is 4.72 Å². The number of nitrogens with one attached hydrogen (secondary N) is 1. The fraction of sp³-hybridized carbons (Fsp3) is 0.235. The van der Waals surface area contributed by atoms with Crippen molar-refractivity contribution in [2.75, 3.05) is 11.3 Å². The highest BCUT2D eigenvalue weighted by Gasteiger charge is 2.33. The van der Waals surface area contributed by atoms with Crippen molar-refractivity contribution in [3.63, 3.8) is 0 Å². The second-order valence-electron chi connectivity index (χ2n) is 6.06. The molecule has 9 heteroatoms. The van der Waals surface area contributed by atoms with E-state index in [1.54, 1.807) is 18.2 Å². The van der Waals surface area contributed by atoms with Crippen molar-refractivity contribution in [2.45, 2.75) is 24.8 Å². The average molecular weight is 374 g/mol. The van der Waals surface area contributed by atoms with E-state index >= 15 is 0 Å². The smallest absolute Gasteiger partial charge is 0.289 e. The van der Waals surface area contributed by atoms with Gasteiger partial charge < -0.3 is 10.0 Å². The predicted octanol–water partition coefficient (Wildman–Crippen LogP) is 1.80. The summed E-state index contributed by atoms with van der Waals surface area (Å²) in [5.74, 6) is -0.802. The summed E-state index contributed by atoms with van der Waals surface area (Å²) in [5, 5.41) is 10.1. The lowest BCUT2D eigenvalue weighted by atomic mass is 10.2. The van der Waals surface area contributed by atoms with Crippen LogP contribution >= 0.6 is 0 Å². The number of sulfonamides is 1. The maximum atomic E-state index is 12.4. The van der Waals surface area contributed by atoms with Crippen LogP contribution in [0, 0.1) is 0 Å². The summed E-state index contributed by atoms with van der Waals surface area (Å²) in [7, 11) is -3.80. The average Bonchev–Trinajstić information content (AvgIpc) is 2.91. The number of benzene rings is 1. The van der Waals surface area contributed by atoms with Gasteiger partial charge >= 0.3 is 0 Å². The number of aromatic nitrogens is 2. The van der Waals surface area contributed by atoms with E-state index in [9.17, 15) is 18.3 Å². The summed E-state index contributed by atoms with van der Waals surface area (Å²) in [6.07, 6.45) is 1.18. The Labute approximate surface area is 151 Å². The second-order valence-corrected chi connectivity index (χ2v) is 7.74. The summed E-state index contributed by atoms with van der Waals surface area (Å²) >= 11 is 0. The first kappa shape index (κ1) is 17.9. The van der Waals surface area contributed by atoms with Gasteiger partial charge in [0.2, 0.25) is 0 Å². The Morgan fingerprint density at radius 3 is 2.50 bits per heavy atom. The Hall–Kier alpha value is -2.94. The first-order valence-corrected chi connectivity index (χ1v) is 9.41. The number of aliphatic hydroxyl groups excluding tert-OH is 1. The molecular formula is C17H18N4O4S. The van der Waals surface area contributed by atoms with Gasteiger partial charge in [0.05, 0.1) is 17.1 Å². The van der Waals surface area contributed by atoms with Crippen LogP contribution in [0.5, 0.6) is 0 Å². The number of aliphatic hydroxyl groups is 1. The highest BCUT2D eigenvalue weighted by atomic mass is 32.2. The van der Waals surface area contributed by atoms with Crippen molar-refractivity contribution in [1.82, 2.24) is 14.9 Å². The maximum absolute atomic E-state index is 12.4. The molecule has 8 nitrogen and oxygen atoms in total. The van der Waals surface area contributed by atoms with Crippen LogP contribution in [0.15, 0.2) is 53.4 Å². The lowest BCUT2D eigenvalue weighted by Gasteiger charge is -2.20. The molecule has 2 N–H and O–H groups in total. The summed E-state index contributed by atoms with van der Waals surface area (Å²) in [6.45, 7) is 3.88. The normalized spacial score (nSPS) is 15.0. The molecule has 1 aromatic carbocycles. The van der Waals surface area contributed by atoms with Gasteiger partial charge in [-0.05, 0) is 26.0 Å². The minimum atomic E-state index is -3.80. The third kappa shape index (κ3) is 3.38. The topological polar surface area (TPSA) is 112 Å². The molecule has 1 aliphatic heterocycles. The molecule has 1 aliphatic rings. The number of amides is 1. The lowest BCUT2D eigenvalue weighted by Crippen LogP contribution is -2.33. The Bertz CT molecular complexity index is 971. The molecule has 136 valence electrons. The van der Waals surface area contributed by atoms with Gasteiger partial charge in [-0.15, -0.1) is 0 Å². The molecule has 0 saturated carbocycles. The van der Waals surface area contributed by atoms with Crippen LogP contribution in [-0.2, 0) is 14.8 Å². The fourth-order valence-corrected chi connectivity index (χ4v) is 3.60. The largest absolute Gasteiger partial charge is 0.503 e. The summed E-state index contributed by atoms with van der Waals surface area (Å²) in [4.78, 5) is 21.7. The zero-order valence-corrected chi connectivity index (χ0v) is 15.1. The van der Waals surface area contributed by atoms with Gasteiger partial charge in [0.25, 0.3) is 15.9 Å². The lowest BCUT2D eigenvalue weighted by molar-refractivity contribution is -0.129. The zero-order valence-electron chi connectivity index (χ0n) is 14.2. The van der Waals surface area contributed by atoms with Crippen molar-refractivity contribution < 1.29 is 18.3 Å². The molecule has 1 aromatic heterocycles. The van der Waals surface area contributed by atoms with Gasteiger partial charge in [0.15, 0.2) is 5.76 Å². The number of nitrogens with zero attached hydrogens (tertiary/aromatic N) is 3. The molecule has 26 heavy (non-hydrogen) atoms. The van der Waals surface area contributed by atoms with Crippen molar-refractivity contribution in [1.29, 1.82) is 0 Å². The molecule has 2 heterocycles. The van der Waals surface area contributed by atoms with Crippen molar-refractivity contribution >= 4 is 27.3 Å². The Morgan fingerprint density at radius 1 is 1.19 bits per heavy atom. The minimum Gasteiger partial charge on any atom is -0.503 e. The number of anilines is 1. The van der Waals surface area contributed by atoms with Gasteiger partial charge in [0, 0.05) is 17.7 Å². The monoisotopic (exact) mass is 374 g/mol. The Kier molecular flexibility index (Phi) is 4.64. The maximum Gasteiger partial charge on any atom is 0.289 e. The summed E-state index contributed by atoms with van der Waals surface area (Å²) in [6, 6.07) is 9.20. The minimum absolute atomic E-state index is 0.0506. The molecule has 0 saturated heterocycles.